The van der Waals surface area contributed by atoms with E-state index >= 15 is 0 Å². The molecule has 2 heterocycles. The highest BCUT2D eigenvalue weighted by Gasteiger charge is 2.21. The van der Waals surface area contributed by atoms with Crippen molar-refractivity contribution in [1.82, 2.24) is 14.8 Å². The van der Waals surface area contributed by atoms with E-state index in [1.54, 1.807) is 0 Å². The van der Waals surface area contributed by atoms with Crippen LogP contribution in [-0.4, -0.2) is 28.4 Å². The van der Waals surface area contributed by atoms with Crippen molar-refractivity contribution < 1.29 is 0 Å². The van der Waals surface area contributed by atoms with Gasteiger partial charge in [0, 0.05) is 25.7 Å². The molecule has 0 amide bonds. The molecule has 1 aromatic heterocycles. The highest BCUT2D eigenvalue weighted by Crippen LogP contribution is 2.32. The molecule has 2 N–H and O–H groups in total. The van der Waals surface area contributed by atoms with Crippen LogP contribution in [0.4, 0.5) is 5.69 Å². The molecule has 1 aliphatic rings. The first-order chi connectivity index (χ1) is 11.5. The minimum Gasteiger partial charge on any atom is -0.399 e. The van der Waals surface area contributed by atoms with Crippen molar-refractivity contribution in [1.29, 1.82) is 0 Å². The van der Waals surface area contributed by atoms with Gasteiger partial charge >= 0.3 is 0 Å². The number of fused-ring (bicyclic) bond motifs is 3. The average molecular weight is 321 g/mol. The number of nitrogens with two attached hydrogens (primary N) is 1. The third kappa shape index (κ3) is 2.85. The molecule has 0 atom stereocenters. The van der Waals surface area contributed by atoms with Gasteiger partial charge in [-0.05, 0) is 43.2 Å². The predicted octanol–water partition coefficient (Wildman–Crippen LogP) is 3.00. The molecular weight excluding hydrogens is 298 g/mol. The van der Waals surface area contributed by atoms with Crippen molar-refractivity contribution in [3.8, 4) is 5.69 Å². The van der Waals surface area contributed by atoms with Crippen molar-refractivity contribution in [2.75, 3.05) is 18.5 Å². The lowest BCUT2D eigenvalue weighted by molar-refractivity contribution is 0.822. The van der Waals surface area contributed by atoms with Crippen LogP contribution in [0.15, 0.2) is 48.7 Å². The maximum absolute atomic E-state index is 5.65. The molecule has 1 aliphatic heterocycles. The fourth-order valence-corrected chi connectivity index (χ4v) is 3.02. The van der Waals surface area contributed by atoms with Gasteiger partial charge in [-0.15, -0.1) is 10.2 Å². The van der Waals surface area contributed by atoms with E-state index in [1.165, 1.54) is 5.69 Å². The molecule has 5 nitrogen and oxygen atoms in total. The van der Waals surface area contributed by atoms with Crippen LogP contribution in [0, 0.1) is 6.92 Å². The molecule has 5 heteroatoms. The largest absolute Gasteiger partial charge is 0.399 e. The van der Waals surface area contributed by atoms with E-state index in [1.807, 2.05) is 26.0 Å². The number of hydrogen-bond donors (Lipinski definition) is 1. The van der Waals surface area contributed by atoms with Crippen LogP contribution in [-0.2, 0) is 6.42 Å². The molecule has 3 rings (SSSR count). The van der Waals surface area contributed by atoms with Crippen LogP contribution >= 0.6 is 0 Å². The third-order valence-corrected chi connectivity index (χ3v) is 4.31. The van der Waals surface area contributed by atoms with Gasteiger partial charge in [-0.3, -0.25) is 4.57 Å². The zero-order valence-electron chi connectivity index (χ0n) is 14.5. The maximum atomic E-state index is 5.65. The smallest absolute Gasteiger partial charge is 0.139 e. The van der Waals surface area contributed by atoms with Gasteiger partial charge in [-0.25, -0.2) is 0 Å². The Hall–Kier alpha value is -2.82. The van der Waals surface area contributed by atoms with Gasteiger partial charge in [0.15, 0.2) is 0 Å². The second-order valence-electron chi connectivity index (χ2n) is 6.03. The summed E-state index contributed by atoms with van der Waals surface area (Å²) < 4.78 is 2.15. The topological polar surface area (TPSA) is 60.0 Å². The van der Waals surface area contributed by atoms with E-state index in [-0.39, 0.29) is 0 Å². The van der Waals surface area contributed by atoms with Crippen molar-refractivity contribution in [2.45, 2.75) is 20.3 Å². The van der Waals surface area contributed by atoms with E-state index in [9.17, 15) is 0 Å². The van der Waals surface area contributed by atoms with Crippen LogP contribution in [0.3, 0.4) is 0 Å². The summed E-state index contributed by atoms with van der Waals surface area (Å²) in [6, 6.07) is 6.48. The summed E-state index contributed by atoms with van der Waals surface area (Å²) in [5, 5.41) is 8.55. The summed E-state index contributed by atoms with van der Waals surface area (Å²) in [5.74, 6) is 1.93. The lowest BCUT2D eigenvalue weighted by Crippen LogP contribution is -2.19. The summed E-state index contributed by atoms with van der Waals surface area (Å²) in [6.07, 6.45) is 6.78. The fourth-order valence-electron chi connectivity index (χ4n) is 3.02. The number of benzene rings is 1. The molecule has 124 valence electrons. The molecule has 0 fully saturated rings. The van der Waals surface area contributed by atoms with E-state index in [4.69, 9.17) is 5.73 Å². The van der Waals surface area contributed by atoms with E-state index in [2.05, 4.69) is 57.6 Å². The van der Waals surface area contributed by atoms with Crippen molar-refractivity contribution in [3.63, 3.8) is 0 Å². The fraction of sp³-hybridized carbons (Fsp3) is 0.263. The first-order valence-corrected chi connectivity index (χ1v) is 8.07. The summed E-state index contributed by atoms with van der Waals surface area (Å²) >= 11 is 0. The van der Waals surface area contributed by atoms with Gasteiger partial charge in [0.1, 0.15) is 11.6 Å². The molecule has 0 unspecified atom stereocenters. The lowest BCUT2D eigenvalue weighted by Gasteiger charge is -2.21. The Bertz CT molecular complexity index is 841. The standard InChI is InChI=1S/C19H23N5/c1-5-15(7-6-13(2)20)16-8-9-17-18(12-16)23(4)11-10-19-22-21-14(3)24(17)19/h5-9,12H,2,10-11,20H2,1,3-4H3/b7-6-,15-5+. The number of likely N-dealkylation sites (N-methyl/N-ethyl adjacent to an activating group) is 1. The number of hydrogen-bond acceptors (Lipinski definition) is 4. The van der Waals surface area contributed by atoms with E-state index in [0.29, 0.717) is 5.70 Å². The van der Waals surface area contributed by atoms with Crippen LogP contribution in [0.25, 0.3) is 11.3 Å². The Morgan fingerprint density at radius 1 is 1.25 bits per heavy atom. The van der Waals surface area contributed by atoms with Gasteiger partial charge in [-0.1, -0.05) is 24.8 Å². The van der Waals surface area contributed by atoms with Gasteiger partial charge in [0.25, 0.3) is 0 Å². The number of anilines is 1. The Labute approximate surface area is 142 Å². The molecule has 0 aliphatic carbocycles. The zero-order valence-corrected chi connectivity index (χ0v) is 14.5. The molecule has 0 bridgehead atoms. The maximum Gasteiger partial charge on any atom is 0.139 e. The van der Waals surface area contributed by atoms with Crippen LogP contribution < -0.4 is 10.6 Å². The molecule has 0 saturated carbocycles. The minimum atomic E-state index is 0.547. The van der Waals surface area contributed by atoms with Crippen molar-refractivity contribution >= 4 is 11.3 Å². The molecule has 0 spiro atoms. The molecule has 0 radical (unpaired) electrons. The Kier molecular flexibility index (Phi) is 4.25. The van der Waals surface area contributed by atoms with Crippen LogP contribution in [0.5, 0.6) is 0 Å². The van der Waals surface area contributed by atoms with Crippen molar-refractivity contribution in [2.24, 2.45) is 5.73 Å². The first-order valence-electron chi connectivity index (χ1n) is 8.07. The molecule has 24 heavy (non-hydrogen) atoms. The normalized spacial score (nSPS) is 14.5. The van der Waals surface area contributed by atoms with Gasteiger partial charge in [0.2, 0.25) is 0 Å². The lowest BCUT2D eigenvalue weighted by atomic mass is 10.0. The van der Waals surface area contributed by atoms with Gasteiger partial charge < -0.3 is 10.6 Å². The Morgan fingerprint density at radius 3 is 2.75 bits per heavy atom. The number of nitrogens with zero attached hydrogens (tertiary/aromatic N) is 4. The molecule has 0 saturated heterocycles. The number of rotatable bonds is 3. The Morgan fingerprint density at radius 2 is 2.04 bits per heavy atom. The summed E-state index contributed by atoms with van der Waals surface area (Å²) in [7, 11) is 2.12. The SMILES string of the molecule is C=C(N)/C=C\C(=C/C)c1ccc2c(c1)N(C)CCc1nnc(C)n1-2. The highest BCUT2D eigenvalue weighted by molar-refractivity contribution is 5.79. The molecule has 2 aromatic rings. The van der Waals surface area contributed by atoms with E-state index in [0.717, 1.165) is 41.4 Å². The Balaban J connectivity index is 2.11. The first kappa shape index (κ1) is 16.1. The second-order valence-corrected chi connectivity index (χ2v) is 6.03. The third-order valence-electron chi connectivity index (χ3n) is 4.31. The number of aromatic nitrogens is 3. The molecular formula is C19H23N5. The summed E-state index contributed by atoms with van der Waals surface area (Å²) in [6.45, 7) is 8.65. The number of aryl methyl sites for hydroxylation is 1. The summed E-state index contributed by atoms with van der Waals surface area (Å²) in [5.41, 5.74) is 10.8. The second kappa shape index (κ2) is 6.35. The minimum absolute atomic E-state index is 0.547. The summed E-state index contributed by atoms with van der Waals surface area (Å²) in [4.78, 5) is 2.27. The van der Waals surface area contributed by atoms with Gasteiger partial charge in [-0.2, -0.15) is 0 Å². The van der Waals surface area contributed by atoms with Crippen LogP contribution in [0.1, 0.15) is 24.1 Å². The van der Waals surface area contributed by atoms with Crippen LogP contribution in [0.2, 0.25) is 0 Å². The highest BCUT2D eigenvalue weighted by atomic mass is 15.3. The molecule has 1 aromatic carbocycles. The van der Waals surface area contributed by atoms with Gasteiger partial charge in [0.05, 0.1) is 11.4 Å². The predicted molar refractivity (Wildman–Crippen MR) is 99.2 cm³/mol. The average Bonchev–Trinajstić information content (AvgIpc) is 2.86. The zero-order chi connectivity index (χ0) is 17.3. The van der Waals surface area contributed by atoms with E-state index < -0.39 is 0 Å². The monoisotopic (exact) mass is 321 g/mol. The van der Waals surface area contributed by atoms with Crippen molar-refractivity contribution in [3.05, 3.63) is 65.9 Å². The number of allylic oxidation sites excluding steroid dienone is 4. The quantitative estimate of drug-likeness (QED) is 0.883.